The molecule has 2 aromatic rings. The van der Waals surface area contributed by atoms with Gasteiger partial charge in [0.2, 0.25) is 0 Å². The summed E-state index contributed by atoms with van der Waals surface area (Å²) >= 11 is 3.37. The van der Waals surface area contributed by atoms with Gasteiger partial charge in [-0.05, 0) is 35.9 Å². The van der Waals surface area contributed by atoms with Crippen molar-refractivity contribution in [3.05, 3.63) is 70.2 Å². The quantitative estimate of drug-likeness (QED) is 0.530. The Morgan fingerprint density at radius 1 is 1.11 bits per heavy atom. The second kappa shape index (κ2) is 5.65. The average Bonchev–Trinajstić information content (AvgIpc) is 2.38. The van der Waals surface area contributed by atoms with Crippen LogP contribution in [0.25, 0.3) is 6.08 Å². The molecule has 0 heterocycles. The molecule has 0 unspecified atom stereocenters. The first-order chi connectivity index (χ1) is 8.65. The number of anilines is 1. The monoisotopic (exact) mass is 301 g/mol. The SMILES string of the molecule is Nc1cccc(C(=O)/C=C/c2ccc(Br)cc2)c1. The van der Waals surface area contributed by atoms with Gasteiger partial charge in [0.25, 0.3) is 0 Å². The molecule has 0 saturated heterocycles. The minimum absolute atomic E-state index is 0.0507. The molecule has 0 amide bonds. The summed E-state index contributed by atoms with van der Waals surface area (Å²) in [6.45, 7) is 0. The Kier molecular flexibility index (Phi) is 3.95. The van der Waals surface area contributed by atoms with E-state index in [1.54, 1.807) is 36.4 Å². The highest BCUT2D eigenvalue weighted by atomic mass is 79.9. The summed E-state index contributed by atoms with van der Waals surface area (Å²) in [5.41, 5.74) is 7.82. The van der Waals surface area contributed by atoms with Crippen molar-refractivity contribution in [3.63, 3.8) is 0 Å². The molecular weight excluding hydrogens is 290 g/mol. The van der Waals surface area contributed by atoms with Crippen LogP contribution in [0.2, 0.25) is 0 Å². The van der Waals surface area contributed by atoms with Gasteiger partial charge in [-0.1, -0.05) is 46.3 Å². The summed E-state index contributed by atoms with van der Waals surface area (Å²) in [6, 6.07) is 14.7. The molecule has 0 bridgehead atoms. The van der Waals surface area contributed by atoms with Crippen LogP contribution >= 0.6 is 15.9 Å². The standard InChI is InChI=1S/C15H12BrNO/c16-13-7-4-11(5-8-13)6-9-15(18)12-2-1-3-14(17)10-12/h1-10H,17H2/b9-6+. The van der Waals surface area contributed by atoms with Crippen molar-refractivity contribution in [2.75, 3.05) is 5.73 Å². The Morgan fingerprint density at radius 2 is 1.83 bits per heavy atom. The molecule has 0 spiro atoms. The first-order valence-electron chi connectivity index (χ1n) is 5.49. The van der Waals surface area contributed by atoms with Crippen LogP contribution in [0.1, 0.15) is 15.9 Å². The Bertz CT molecular complexity index is 588. The van der Waals surface area contributed by atoms with Crippen molar-refractivity contribution in [3.8, 4) is 0 Å². The summed E-state index contributed by atoms with van der Waals surface area (Å²) in [7, 11) is 0. The fourth-order valence-corrected chi connectivity index (χ4v) is 1.80. The predicted molar refractivity (Wildman–Crippen MR) is 78.4 cm³/mol. The topological polar surface area (TPSA) is 43.1 Å². The van der Waals surface area contributed by atoms with Gasteiger partial charge in [-0.3, -0.25) is 4.79 Å². The van der Waals surface area contributed by atoms with Gasteiger partial charge in [-0.25, -0.2) is 0 Å². The number of rotatable bonds is 3. The molecule has 2 nitrogen and oxygen atoms in total. The highest BCUT2D eigenvalue weighted by Crippen LogP contribution is 2.13. The molecule has 0 saturated carbocycles. The normalized spacial score (nSPS) is 10.7. The van der Waals surface area contributed by atoms with Crippen LogP contribution in [0.5, 0.6) is 0 Å². The number of nitrogens with two attached hydrogens (primary N) is 1. The number of carbonyl (C=O) groups excluding carboxylic acids is 1. The van der Waals surface area contributed by atoms with Gasteiger partial charge in [0.15, 0.2) is 5.78 Å². The molecule has 2 rings (SSSR count). The van der Waals surface area contributed by atoms with Gasteiger partial charge in [0.05, 0.1) is 0 Å². The zero-order valence-electron chi connectivity index (χ0n) is 9.64. The lowest BCUT2D eigenvalue weighted by Gasteiger charge is -1.98. The molecule has 0 fully saturated rings. The van der Waals surface area contributed by atoms with Gasteiger partial charge < -0.3 is 5.73 Å². The molecule has 0 radical (unpaired) electrons. The maximum atomic E-state index is 11.9. The number of ketones is 1. The van der Waals surface area contributed by atoms with Gasteiger partial charge in [0, 0.05) is 15.7 Å². The van der Waals surface area contributed by atoms with E-state index >= 15 is 0 Å². The fraction of sp³-hybridized carbons (Fsp3) is 0. The van der Waals surface area contributed by atoms with E-state index in [1.165, 1.54) is 0 Å². The van der Waals surface area contributed by atoms with Gasteiger partial charge >= 0.3 is 0 Å². The van der Waals surface area contributed by atoms with Crippen LogP contribution in [-0.2, 0) is 0 Å². The predicted octanol–water partition coefficient (Wildman–Crippen LogP) is 3.93. The largest absolute Gasteiger partial charge is 0.399 e. The minimum Gasteiger partial charge on any atom is -0.399 e. The molecule has 2 aromatic carbocycles. The minimum atomic E-state index is -0.0507. The van der Waals surface area contributed by atoms with Crippen LogP contribution in [0.3, 0.4) is 0 Å². The highest BCUT2D eigenvalue weighted by Gasteiger charge is 2.01. The zero-order valence-corrected chi connectivity index (χ0v) is 11.2. The number of allylic oxidation sites excluding steroid dienone is 1. The zero-order chi connectivity index (χ0) is 13.0. The Hall–Kier alpha value is -1.87. The Balaban J connectivity index is 2.14. The summed E-state index contributed by atoms with van der Waals surface area (Å²) in [5.74, 6) is -0.0507. The van der Waals surface area contributed by atoms with Crippen molar-refractivity contribution in [2.45, 2.75) is 0 Å². The van der Waals surface area contributed by atoms with Gasteiger partial charge in [-0.15, -0.1) is 0 Å². The molecule has 0 aliphatic rings. The molecule has 2 N–H and O–H groups in total. The number of halogens is 1. The van der Waals surface area contributed by atoms with E-state index in [9.17, 15) is 4.79 Å². The van der Waals surface area contributed by atoms with E-state index in [4.69, 9.17) is 5.73 Å². The molecular formula is C15H12BrNO. The third-order valence-electron chi connectivity index (χ3n) is 2.47. The average molecular weight is 302 g/mol. The van der Waals surface area contributed by atoms with Gasteiger partial charge in [0.1, 0.15) is 0 Å². The van der Waals surface area contributed by atoms with Crippen LogP contribution in [0.15, 0.2) is 59.1 Å². The van der Waals surface area contributed by atoms with Crippen LogP contribution in [-0.4, -0.2) is 5.78 Å². The Morgan fingerprint density at radius 3 is 2.50 bits per heavy atom. The molecule has 18 heavy (non-hydrogen) atoms. The maximum absolute atomic E-state index is 11.9. The van der Waals surface area contributed by atoms with Crippen molar-refractivity contribution >= 4 is 33.5 Å². The number of benzene rings is 2. The summed E-state index contributed by atoms with van der Waals surface area (Å²) in [4.78, 5) is 11.9. The van der Waals surface area contributed by atoms with Gasteiger partial charge in [-0.2, -0.15) is 0 Å². The smallest absolute Gasteiger partial charge is 0.185 e. The highest BCUT2D eigenvalue weighted by molar-refractivity contribution is 9.10. The van der Waals surface area contributed by atoms with Crippen LogP contribution in [0, 0.1) is 0 Å². The van der Waals surface area contributed by atoms with E-state index in [0.717, 1.165) is 10.0 Å². The lowest BCUT2D eigenvalue weighted by Crippen LogP contribution is -1.95. The fourth-order valence-electron chi connectivity index (χ4n) is 1.53. The lowest BCUT2D eigenvalue weighted by atomic mass is 10.1. The van der Waals surface area contributed by atoms with E-state index in [0.29, 0.717) is 11.3 Å². The molecule has 0 aliphatic carbocycles. The Labute approximate surface area is 114 Å². The first-order valence-corrected chi connectivity index (χ1v) is 6.28. The van der Waals surface area contributed by atoms with Crippen molar-refractivity contribution in [1.82, 2.24) is 0 Å². The van der Waals surface area contributed by atoms with Crippen molar-refractivity contribution in [1.29, 1.82) is 0 Å². The summed E-state index contributed by atoms with van der Waals surface area (Å²) in [6.07, 6.45) is 3.34. The van der Waals surface area contributed by atoms with Crippen molar-refractivity contribution in [2.24, 2.45) is 0 Å². The number of hydrogen-bond acceptors (Lipinski definition) is 2. The maximum Gasteiger partial charge on any atom is 0.185 e. The van der Waals surface area contributed by atoms with E-state index in [2.05, 4.69) is 15.9 Å². The first kappa shape index (κ1) is 12.6. The summed E-state index contributed by atoms with van der Waals surface area (Å²) < 4.78 is 1.02. The van der Waals surface area contributed by atoms with E-state index in [-0.39, 0.29) is 5.78 Å². The molecule has 0 aromatic heterocycles. The number of carbonyl (C=O) groups is 1. The van der Waals surface area contributed by atoms with E-state index in [1.807, 2.05) is 24.3 Å². The second-order valence-electron chi connectivity index (χ2n) is 3.87. The number of hydrogen-bond donors (Lipinski definition) is 1. The van der Waals surface area contributed by atoms with Crippen molar-refractivity contribution < 1.29 is 4.79 Å². The van der Waals surface area contributed by atoms with Crippen LogP contribution < -0.4 is 5.73 Å². The summed E-state index contributed by atoms with van der Waals surface area (Å²) in [5, 5.41) is 0. The number of nitrogen functional groups attached to an aromatic ring is 1. The molecule has 90 valence electrons. The molecule has 0 aliphatic heterocycles. The van der Waals surface area contributed by atoms with E-state index < -0.39 is 0 Å². The lowest BCUT2D eigenvalue weighted by molar-refractivity contribution is 0.104. The van der Waals surface area contributed by atoms with Crippen LogP contribution in [0.4, 0.5) is 5.69 Å². The molecule has 3 heteroatoms. The third-order valence-corrected chi connectivity index (χ3v) is 3.00. The molecule has 0 atom stereocenters. The second-order valence-corrected chi connectivity index (χ2v) is 4.79. The third kappa shape index (κ3) is 3.31.